The normalized spacial score (nSPS) is 13.5. The van der Waals surface area contributed by atoms with Crippen LogP contribution < -0.4 is 9.64 Å². The van der Waals surface area contributed by atoms with Gasteiger partial charge in [0.2, 0.25) is 5.82 Å². The number of methoxy groups -OCH3 is 1. The molecule has 4 aromatic heterocycles. The average Bonchev–Trinajstić information content (AvgIpc) is 3.79. The van der Waals surface area contributed by atoms with E-state index in [2.05, 4.69) is 30.7 Å². The highest BCUT2D eigenvalue weighted by atomic mass is 19.4. The molecule has 0 bridgehead atoms. The Morgan fingerprint density at radius 1 is 1.07 bits per heavy atom. The molecule has 6 aromatic rings. The number of alkyl halides is 3. The number of H-pyrrole nitrogens is 1. The lowest BCUT2D eigenvalue weighted by atomic mass is 9.87. The molecule has 0 atom stereocenters. The summed E-state index contributed by atoms with van der Waals surface area (Å²) in [5, 5.41) is 18.7. The third-order valence-corrected chi connectivity index (χ3v) is 7.79. The first-order valence-corrected chi connectivity index (χ1v) is 13.9. The van der Waals surface area contributed by atoms with Gasteiger partial charge in [0.1, 0.15) is 5.75 Å². The lowest BCUT2D eigenvalue weighted by Crippen LogP contribution is -2.38. The van der Waals surface area contributed by atoms with Crippen molar-refractivity contribution in [2.45, 2.75) is 26.1 Å². The van der Waals surface area contributed by atoms with Gasteiger partial charge in [-0.05, 0) is 65.6 Å². The predicted molar refractivity (Wildman–Crippen MR) is 157 cm³/mol. The largest absolute Gasteiger partial charge is 0.497 e. The molecule has 0 aliphatic carbocycles. The molecule has 1 N–H and O–H groups in total. The summed E-state index contributed by atoms with van der Waals surface area (Å²) in [5.74, 6) is 0.461. The number of hydrogen-bond acceptors (Lipinski definition) is 8. The van der Waals surface area contributed by atoms with Gasteiger partial charge in [-0.15, -0.1) is 10.2 Å². The number of ether oxygens (including phenoxy) is 1. The third kappa shape index (κ3) is 4.95. The minimum atomic E-state index is -4.68. The first kappa shape index (κ1) is 28.2. The van der Waals surface area contributed by atoms with Gasteiger partial charge >= 0.3 is 6.18 Å². The highest BCUT2D eigenvalue weighted by molar-refractivity contribution is 6.14. The van der Waals surface area contributed by atoms with Crippen molar-refractivity contribution in [1.29, 1.82) is 0 Å². The molecule has 1 amide bonds. The molecule has 45 heavy (non-hydrogen) atoms. The standard InChI is InChI=1S/C30H25F3N10O2/c1-16-8-25(22-11-18(45-3)12-23(26(22)35-16)28-36-39-40-37-28)43-6-4-19-20(24-14-41(2)38-27(24)30(31,32)33)9-17(10-21(19)29(43)44)13-42-7-5-34-15-42/h5,7-12,14-15H,4,6,13H2,1-3H3,(H,36,37,39,40). The van der Waals surface area contributed by atoms with Gasteiger partial charge in [0.05, 0.1) is 30.2 Å². The average molecular weight is 615 g/mol. The van der Waals surface area contributed by atoms with E-state index in [0.717, 1.165) is 4.68 Å². The van der Waals surface area contributed by atoms with Crippen molar-refractivity contribution in [3.8, 4) is 28.3 Å². The van der Waals surface area contributed by atoms with Crippen LogP contribution in [0.1, 0.15) is 32.9 Å². The molecular formula is C30H25F3N10O2. The van der Waals surface area contributed by atoms with Crippen molar-refractivity contribution in [2.24, 2.45) is 7.05 Å². The summed E-state index contributed by atoms with van der Waals surface area (Å²) < 4.78 is 50.9. The van der Waals surface area contributed by atoms with Gasteiger partial charge in [-0.3, -0.25) is 14.5 Å². The number of nitrogens with zero attached hydrogens (tertiary/aromatic N) is 9. The van der Waals surface area contributed by atoms with Crippen LogP contribution in [0.5, 0.6) is 5.75 Å². The second kappa shape index (κ2) is 10.5. The summed E-state index contributed by atoms with van der Waals surface area (Å²) in [7, 11) is 2.98. The Labute approximate surface area is 253 Å². The number of pyridine rings is 1. The summed E-state index contributed by atoms with van der Waals surface area (Å²) in [4.78, 5) is 24.9. The number of fused-ring (bicyclic) bond motifs is 2. The van der Waals surface area contributed by atoms with E-state index in [-0.39, 0.29) is 18.0 Å². The second-order valence-electron chi connectivity index (χ2n) is 10.8. The van der Waals surface area contributed by atoms with Crippen molar-refractivity contribution in [2.75, 3.05) is 18.6 Å². The van der Waals surface area contributed by atoms with E-state index in [0.29, 0.717) is 74.6 Å². The van der Waals surface area contributed by atoms with Crippen LogP contribution in [0.4, 0.5) is 18.9 Å². The fourth-order valence-corrected chi connectivity index (χ4v) is 5.91. The minimum absolute atomic E-state index is 0.0744. The summed E-state index contributed by atoms with van der Waals surface area (Å²) in [5.41, 5.74) is 3.08. The van der Waals surface area contributed by atoms with E-state index in [1.54, 1.807) is 52.5 Å². The van der Waals surface area contributed by atoms with Gasteiger partial charge in [-0.1, -0.05) is 0 Å². The number of tetrazole rings is 1. The van der Waals surface area contributed by atoms with Gasteiger partial charge in [0.25, 0.3) is 5.91 Å². The number of carbonyl (C=O) groups excluding carboxylic acids is 1. The smallest absolute Gasteiger partial charge is 0.435 e. The van der Waals surface area contributed by atoms with Crippen molar-refractivity contribution in [3.63, 3.8) is 0 Å². The highest BCUT2D eigenvalue weighted by Gasteiger charge is 2.39. The van der Waals surface area contributed by atoms with Crippen molar-refractivity contribution in [1.82, 2.24) is 44.9 Å². The van der Waals surface area contributed by atoms with E-state index >= 15 is 0 Å². The minimum Gasteiger partial charge on any atom is -0.497 e. The van der Waals surface area contributed by atoms with E-state index in [9.17, 15) is 18.0 Å². The number of aromatic nitrogens is 9. The molecule has 1 aliphatic rings. The van der Waals surface area contributed by atoms with Crippen molar-refractivity contribution >= 4 is 22.5 Å². The molecule has 228 valence electrons. The maximum Gasteiger partial charge on any atom is 0.435 e. The first-order valence-electron chi connectivity index (χ1n) is 13.9. The molecule has 12 nitrogen and oxygen atoms in total. The van der Waals surface area contributed by atoms with Crippen LogP contribution in [0.3, 0.4) is 0 Å². The van der Waals surface area contributed by atoms with Crippen LogP contribution in [0.15, 0.2) is 55.2 Å². The zero-order valence-corrected chi connectivity index (χ0v) is 24.3. The van der Waals surface area contributed by atoms with Crippen LogP contribution >= 0.6 is 0 Å². The lowest BCUT2D eigenvalue weighted by Gasteiger charge is -2.31. The van der Waals surface area contributed by atoms with Gasteiger partial charge in [0.15, 0.2) is 5.69 Å². The zero-order valence-electron chi connectivity index (χ0n) is 24.3. The lowest BCUT2D eigenvalue weighted by molar-refractivity contribution is -0.140. The number of aromatic amines is 1. The fraction of sp³-hybridized carbons (Fsp3) is 0.233. The van der Waals surface area contributed by atoms with Crippen LogP contribution in [-0.4, -0.2) is 64.5 Å². The van der Waals surface area contributed by atoms with Gasteiger partial charge < -0.3 is 14.2 Å². The molecule has 0 unspecified atom stereocenters. The van der Waals surface area contributed by atoms with Gasteiger partial charge in [-0.25, -0.2) is 4.98 Å². The molecule has 1 aliphatic heterocycles. The SMILES string of the molecule is COc1cc(-c2nn[nH]n2)c2nc(C)cc(N3CCc4c(cc(Cn5ccnc5)cc4-c4cn(C)nc4C(F)(F)F)C3=O)c2c1. The molecule has 0 fully saturated rings. The van der Waals surface area contributed by atoms with Crippen LogP contribution in [-0.2, 0) is 26.2 Å². The molecular weight excluding hydrogens is 589 g/mol. The van der Waals surface area contributed by atoms with Crippen LogP contribution in [0.25, 0.3) is 33.4 Å². The van der Waals surface area contributed by atoms with Crippen molar-refractivity contribution in [3.05, 3.63) is 83.3 Å². The Hall–Kier alpha value is -5.60. The van der Waals surface area contributed by atoms with E-state index < -0.39 is 11.9 Å². The quantitative estimate of drug-likeness (QED) is 0.288. The Balaban J connectivity index is 1.41. The van der Waals surface area contributed by atoms with Gasteiger partial charge in [0, 0.05) is 60.9 Å². The van der Waals surface area contributed by atoms with Crippen LogP contribution in [0.2, 0.25) is 0 Å². The fourth-order valence-electron chi connectivity index (χ4n) is 5.91. The first-order chi connectivity index (χ1) is 21.6. The molecule has 0 saturated carbocycles. The Bertz CT molecular complexity index is 2070. The van der Waals surface area contributed by atoms with E-state index in [1.807, 2.05) is 13.0 Å². The maximum absolute atomic E-state index is 14.4. The highest BCUT2D eigenvalue weighted by Crippen LogP contribution is 2.42. The molecule has 0 radical (unpaired) electrons. The molecule has 7 rings (SSSR count). The number of carbonyl (C=O) groups is 1. The second-order valence-corrected chi connectivity index (χ2v) is 10.8. The van der Waals surface area contributed by atoms with Gasteiger partial charge in [-0.2, -0.15) is 23.5 Å². The van der Waals surface area contributed by atoms with Crippen molar-refractivity contribution < 1.29 is 22.7 Å². The number of amides is 1. The number of anilines is 1. The summed E-state index contributed by atoms with van der Waals surface area (Å²) >= 11 is 0. The predicted octanol–water partition coefficient (Wildman–Crippen LogP) is 4.60. The Kier molecular flexibility index (Phi) is 6.60. The Morgan fingerprint density at radius 2 is 1.89 bits per heavy atom. The number of benzene rings is 2. The summed E-state index contributed by atoms with van der Waals surface area (Å²) in [6.07, 6.45) is 1.94. The zero-order chi connectivity index (χ0) is 31.5. The number of rotatable bonds is 6. The Morgan fingerprint density at radius 3 is 2.60 bits per heavy atom. The molecule has 0 saturated heterocycles. The van der Waals surface area contributed by atoms with Crippen LogP contribution in [0, 0.1) is 6.92 Å². The summed E-state index contributed by atoms with van der Waals surface area (Å²) in [6.45, 7) is 2.34. The van der Waals surface area contributed by atoms with E-state index in [4.69, 9.17) is 9.72 Å². The number of nitrogens with one attached hydrogen (secondary N) is 1. The number of aryl methyl sites for hydroxylation is 2. The number of hydrogen-bond donors (Lipinski definition) is 1. The topological polar surface area (TPSA) is 133 Å². The number of halogens is 3. The third-order valence-electron chi connectivity index (χ3n) is 7.79. The monoisotopic (exact) mass is 614 g/mol. The molecule has 2 aromatic carbocycles. The molecule has 5 heterocycles. The molecule has 15 heteroatoms. The van der Waals surface area contributed by atoms with E-state index in [1.165, 1.54) is 20.4 Å². The maximum atomic E-state index is 14.4. The summed E-state index contributed by atoms with van der Waals surface area (Å²) in [6, 6.07) is 8.80. The number of imidazole rings is 1. The molecule has 0 spiro atoms.